The van der Waals surface area contributed by atoms with Crippen molar-refractivity contribution in [1.82, 2.24) is 16.1 Å². The first kappa shape index (κ1) is 6.55. The molecule has 0 amide bonds. The summed E-state index contributed by atoms with van der Waals surface area (Å²) in [7, 11) is 0. The Morgan fingerprint density at radius 3 is 2.43 bits per heavy atom. The first-order chi connectivity index (χ1) is 2.89. The highest BCUT2D eigenvalue weighted by molar-refractivity contribution is 5.85. The summed E-state index contributed by atoms with van der Waals surface area (Å²) < 4.78 is 0. The highest BCUT2D eigenvalue weighted by atomic mass is 35.5. The highest BCUT2D eigenvalue weighted by Crippen LogP contribution is 1.73. The molecular formula is C2H7ClN4. The van der Waals surface area contributed by atoms with Crippen molar-refractivity contribution in [3.63, 3.8) is 0 Å². The summed E-state index contributed by atoms with van der Waals surface area (Å²) in [6, 6.07) is 0. The van der Waals surface area contributed by atoms with E-state index in [1.807, 2.05) is 0 Å². The zero-order valence-electron chi connectivity index (χ0n) is 3.59. The molecule has 4 nitrogen and oxygen atoms in total. The molecule has 1 aliphatic rings. The van der Waals surface area contributed by atoms with Crippen molar-refractivity contribution in [2.24, 2.45) is 5.84 Å². The van der Waals surface area contributed by atoms with Crippen LogP contribution in [0.3, 0.4) is 0 Å². The third kappa shape index (κ3) is 1.63. The number of nitrogens with zero attached hydrogens (tertiary/aromatic N) is 1. The maximum atomic E-state index is 5.11. The lowest BCUT2D eigenvalue weighted by Gasteiger charge is -2.03. The molecule has 0 aromatic carbocycles. The molecule has 0 bridgehead atoms. The molecule has 0 unspecified atom stereocenters. The Labute approximate surface area is 47.7 Å². The van der Waals surface area contributed by atoms with E-state index in [0.717, 1.165) is 0 Å². The maximum Gasteiger partial charge on any atom is 0.0528 e. The second kappa shape index (κ2) is 2.68. The van der Waals surface area contributed by atoms with E-state index in [1.165, 1.54) is 5.12 Å². The smallest absolute Gasteiger partial charge is 0.0528 e. The number of hydrazine groups is 3. The van der Waals surface area contributed by atoms with Crippen molar-refractivity contribution in [3.05, 3.63) is 12.4 Å². The molecule has 0 saturated carbocycles. The average molecular weight is 123 g/mol. The second-order valence-corrected chi connectivity index (χ2v) is 0.979. The van der Waals surface area contributed by atoms with Gasteiger partial charge >= 0.3 is 0 Å². The molecule has 1 aliphatic heterocycles. The van der Waals surface area contributed by atoms with E-state index in [4.69, 9.17) is 5.84 Å². The SMILES string of the molecule is Cl.NN1C=CNN1. The monoisotopic (exact) mass is 122 g/mol. The third-order valence-electron chi connectivity index (χ3n) is 0.512. The first-order valence-electron chi connectivity index (χ1n) is 1.61. The van der Waals surface area contributed by atoms with Gasteiger partial charge in [0.1, 0.15) is 0 Å². The standard InChI is InChI=1S/C2H6N4.ClH/c3-6-2-1-4-5-6;/h1-2,4-5H,3H2;1H. The van der Waals surface area contributed by atoms with Crippen LogP contribution in [0.25, 0.3) is 0 Å². The fourth-order valence-electron chi connectivity index (χ4n) is 0.267. The molecule has 0 aromatic rings. The van der Waals surface area contributed by atoms with E-state index in [1.54, 1.807) is 12.4 Å². The maximum absolute atomic E-state index is 5.11. The van der Waals surface area contributed by atoms with Crippen molar-refractivity contribution in [3.8, 4) is 0 Å². The normalized spacial score (nSPS) is 15.9. The van der Waals surface area contributed by atoms with Crippen LogP contribution < -0.4 is 16.8 Å². The predicted molar refractivity (Wildman–Crippen MR) is 28.7 cm³/mol. The molecule has 0 aliphatic carbocycles. The largest absolute Gasteiger partial charge is 0.308 e. The Kier molecular flexibility index (Phi) is 2.51. The van der Waals surface area contributed by atoms with E-state index in [0.29, 0.717) is 0 Å². The lowest BCUT2D eigenvalue weighted by molar-refractivity contribution is 0.281. The predicted octanol–water partition coefficient (Wildman–Crippen LogP) is -0.922. The fourth-order valence-corrected chi connectivity index (χ4v) is 0.267. The molecule has 5 heteroatoms. The summed E-state index contributed by atoms with van der Waals surface area (Å²) >= 11 is 0. The Bertz CT molecular complexity index is 72.1. The summed E-state index contributed by atoms with van der Waals surface area (Å²) in [5.74, 6) is 5.11. The van der Waals surface area contributed by atoms with Crippen LogP contribution in [0.15, 0.2) is 12.4 Å². The van der Waals surface area contributed by atoms with Crippen LogP contribution in [-0.2, 0) is 0 Å². The second-order valence-electron chi connectivity index (χ2n) is 0.979. The number of nitrogens with one attached hydrogen (secondary N) is 2. The summed E-state index contributed by atoms with van der Waals surface area (Å²) in [4.78, 5) is 0. The summed E-state index contributed by atoms with van der Waals surface area (Å²) in [5.41, 5.74) is 5.21. The Morgan fingerprint density at radius 1 is 1.57 bits per heavy atom. The number of halogens is 1. The van der Waals surface area contributed by atoms with E-state index < -0.39 is 0 Å². The fraction of sp³-hybridized carbons (Fsp3) is 0. The molecule has 1 rings (SSSR count). The van der Waals surface area contributed by atoms with Crippen LogP contribution in [-0.4, -0.2) is 5.12 Å². The van der Waals surface area contributed by atoms with Crippen LogP contribution in [0.1, 0.15) is 0 Å². The van der Waals surface area contributed by atoms with Gasteiger partial charge in [-0.3, -0.25) is 0 Å². The molecule has 0 saturated heterocycles. The lowest BCUT2D eigenvalue weighted by Crippen LogP contribution is -2.40. The third-order valence-corrected chi connectivity index (χ3v) is 0.512. The van der Waals surface area contributed by atoms with Crippen LogP contribution in [0.5, 0.6) is 0 Å². The number of hydrogen-bond acceptors (Lipinski definition) is 4. The van der Waals surface area contributed by atoms with Gasteiger partial charge < -0.3 is 5.43 Å². The molecule has 0 atom stereocenters. The Balaban J connectivity index is 0.000000360. The van der Waals surface area contributed by atoms with Crippen LogP contribution in [0.2, 0.25) is 0 Å². The lowest BCUT2D eigenvalue weighted by atomic mass is 11.0. The van der Waals surface area contributed by atoms with Gasteiger partial charge in [0.15, 0.2) is 0 Å². The average Bonchev–Trinajstić information content (AvgIpc) is 1.86. The quantitative estimate of drug-likeness (QED) is 0.364. The van der Waals surface area contributed by atoms with Crippen molar-refractivity contribution < 1.29 is 0 Å². The molecule has 4 N–H and O–H groups in total. The van der Waals surface area contributed by atoms with Crippen molar-refractivity contribution >= 4 is 12.4 Å². The molecule has 1 heterocycles. The molecule has 0 fully saturated rings. The van der Waals surface area contributed by atoms with Crippen molar-refractivity contribution in [2.45, 2.75) is 0 Å². The van der Waals surface area contributed by atoms with Gasteiger partial charge in [0, 0.05) is 6.20 Å². The molecule has 0 aromatic heterocycles. The van der Waals surface area contributed by atoms with Gasteiger partial charge in [0.25, 0.3) is 0 Å². The topological polar surface area (TPSA) is 53.3 Å². The van der Waals surface area contributed by atoms with Gasteiger partial charge in [-0.05, 0) is 0 Å². The van der Waals surface area contributed by atoms with Gasteiger partial charge in [0.2, 0.25) is 0 Å². The summed E-state index contributed by atoms with van der Waals surface area (Å²) in [6.07, 6.45) is 3.36. The van der Waals surface area contributed by atoms with Crippen molar-refractivity contribution in [2.75, 3.05) is 0 Å². The van der Waals surface area contributed by atoms with Crippen molar-refractivity contribution in [1.29, 1.82) is 0 Å². The molecular weight excluding hydrogens is 116 g/mol. The minimum atomic E-state index is 0. The Hall–Kier alpha value is -0.450. The number of rotatable bonds is 0. The highest BCUT2D eigenvalue weighted by Gasteiger charge is 1.89. The van der Waals surface area contributed by atoms with E-state index >= 15 is 0 Å². The summed E-state index contributed by atoms with van der Waals surface area (Å²) in [6.45, 7) is 0. The van der Waals surface area contributed by atoms with Crippen LogP contribution >= 0.6 is 12.4 Å². The van der Waals surface area contributed by atoms with Gasteiger partial charge in [-0.1, -0.05) is 0 Å². The molecule has 0 radical (unpaired) electrons. The van der Waals surface area contributed by atoms with E-state index in [2.05, 4.69) is 11.0 Å². The van der Waals surface area contributed by atoms with Gasteiger partial charge in [0.05, 0.1) is 6.20 Å². The Morgan fingerprint density at radius 2 is 2.29 bits per heavy atom. The van der Waals surface area contributed by atoms with Gasteiger partial charge in [-0.15, -0.1) is 17.9 Å². The molecule has 0 spiro atoms. The van der Waals surface area contributed by atoms with Gasteiger partial charge in [-0.25, -0.2) is 11.0 Å². The number of nitrogens with two attached hydrogens (primary N) is 1. The zero-order chi connectivity index (χ0) is 4.41. The first-order valence-corrected chi connectivity index (χ1v) is 1.61. The van der Waals surface area contributed by atoms with Gasteiger partial charge in [-0.2, -0.15) is 0 Å². The zero-order valence-corrected chi connectivity index (χ0v) is 4.40. The minimum Gasteiger partial charge on any atom is -0.308 e. The summed E-state index contributed by atoms with van der Waals surface area (Å²) in [5, 5.41) is 1.32. The molecule has 42 valence electrons. The minimum absolute atomic E-state index is 0. The molecule has 7 heavy (non-hydrogen) atoms. The van der Waals surface area contributed by atoms with Crippen LogP contribution in [0, 0.1) is 0 Å². The number of hydrogen-bond donors (Lipinski definition) is 3. The van der Waals surface area contributed by atoms with E-state index in [-0.39, 0.29) is 12.4 Å². The van der Waals surface area contributed by atoms with Crippen LogP contribution in [0.4, 0.5) is 0 Å². The van der Waals surface area contributed by atoms with E-state index in [9.17, 15) is 0 Å².